The Labute approximate surface area is 80.8 Å². The molecule has 0 aliphatic rings. The summed E-state index contributed by atoms with van der Waals surface area (Å²) in [6.07, 6.45) is 3.06. The molecule has 0 unspecified atom stereocenters. The van der Waals surface area contributed by atoms with Crippen molar-refractivity contribution in [1.29, 1.82) is 5.26 Å². The predicted molar refractivity (Wildman–Crippen MR) is 48.3 cm³/mol. The van der Waals surface area contributed by atoms with Gasteiger partial charge in [0.25, 0.3) is 0 Å². The Balaban J connectivity index is 2.87. The van der Waals surface area contributed by atoms with Crippen LogP contribution in [0.4, 0.5) is 0 Å². The third-order valence-electron chi connectivity index (χ3n) is 1.78. The number of carboxylic acids is 1. The average molecular weight is 191 g/mol. The predicted octanol–water partition coefficient (Wildman–Crippen LogP) is -0.0923. The highest BCUT2D eigenvalue weighted by Crippen LogP contribution is 2.07. The van der Waals surface area contributed by atoms with Gasteiger partial charge in [0.15, 0.2) is 0 Å². The van der Waals surface area contributed by atoms with Crippen molar-refractivity contribution in [3.05, 3.63) is 29.6 Å². The number of carboxylic acid groups (broad SMARTS) is 1. The summed E-state index contributed by atoms with van der Waals surface area (Å²) in [6, 6.07) is 2.49. The molecular weight excluding hydrogens is 182 g/mol. The van der Waals surface area contributed by atoms with Crippen molar-refractivity contribution in [3.8, 4) is 6.07 Å². The number of nitrogens with two attached hydrogens (primary N) is 1. The normalized spacial score (nSPS) is 11.7. The minimum absolute atomic E-state index is 0.117. The minimum Gasteiger partial charge on any atom is -0.480 e. The van der Waals surface area contributed by atoms with Crippen LogP contribution in [0.3, 0.4) is 0 Å². The molecule has 1 aromatic heterocycles. The maximum absolute atomic E-state index is 10.5. The van der Waals surface area contributed by atoms with Crippen molar-refractivity contribution in [2.75, 3.05) is 0 Å². The highest BCUT2D eigenvalue weighted by atomic mass is 16.4. The standard InChI is InChI=1S/C9H9N3O2/c10-4-6-1-2-12-5-7(6)3-8(11)9(13)14/h1-2,5,8H,3,11H2,(H,13,14)/t8-/m1/s1. The second kappa shape index (κ2) is 4.35. The fourth-order valence-corrected chi connectivity index (χ4v) is 1.02. The molecule has 0 aliphatic carbocycles. The van der Waals surface area contributed by atoms with Gasteiger partial charge >= 0.3 is 5.97 Å². The summed E-state index contributed by atoms with van der Waals surface area (Å²) in [5, 5.41) is 17.3. The summed E-state index contributed by atoms with van der Waals surface area (Å²) in [4.78, 5) is 14.3. The van der Waals surface area contributed by atoms with Gasteiger partial charge in [-0.25, -0.2) is 0 Å². The topological polar surface area (TPSA) is 100 Å². The maximum atomic E-state index is 10.5. The van der Waals surface area contributed by atoms with Crippen LogP contribution in [0.5, 0.6) is 0 Å². The van der Waals surface area contributed by atoms with E-state index in [2.05, 4.69) is 4.98 Å². The molecule has 0 spiro atoms. The van der Waals surface area contributed by atoms with Gasteiger partial charge in [0, 0.05) is 18.8 Å². The van der Waals surface area contributed by atoms with Crippen LogP contribution in [-0.4, -0.2) is 22.1 Å². The smallest absolute Gasteiger partial charge is 0.320 e. The summed E-state index contributed by atoms with van der Waals surface area (Å²) in [5.74, 6) is -1.09. The van der Waals surface area contributed by atoms with E-state index in [0.29, 0.717) is 11.1 Å². The first-order valence-corrected chi connectivity index (χ1v) is 3.96. The Morgan fingerprint density at radius 1 is 1.79 bits per heavy atom. The number of hydrogen-bond acceptors (Lipinski definition) is 4. The molecule has 72 valence electrons. The Kier molecular flexibility index (Phi) is 3.15. The van der Waals surface area contributed by atoms with Crippen molar-refractivity contribution in [1.82, 2.24) is 4.98 Å². The fourth-order valence-electron chi connectivity index (χ4n) is 1.02. The van der Waals surface area contributed by atoms with Crippen LogP contribution < -0.4 is 5.73 Å². The van der Waals surface area contributed by atoms with Crippen molar-refractivity contribution in [2.24, 2.45) is 5.73 Å². The molecule has 0 aliphatic heterocycles. The third kappa shape index (κ3) is 2.28. The van der Waals surface area contributed by atoms with E-state index in [1.165, 1.54) is 18.5 Å². The van der Waals surface area contributed by atoms with Crippen LogP contribution in [0.1, 0.15) is 11.1 Å². The Morgan fingerprint density at radius 2 is 2.50 bits per heavy atom. The highest BCUT2D eigenvalue weighted by Gasteiger charge is 2.14. The number of carbonyl (C=O) groups is 1. The lowest BCUT2D eigenvalue weighted by Gasteiger charge is -2.06. The molecule has 5 heteroatoms. The molecule has 0 saturated heterocycles. The summed E-state index contributed by atoms with van der Waals surface area (Å²) in [5.41, 5.74) is 6.31. The molecule has 3 N–H and O–H groups in total. The van der Waals surface area contributed by atoms with Gasteiger partial charge in [0.1, 0.15) is 6.04 Å². The van der Waals surface area contributed by atoms with E-state index in [1.54, 1.807) is 0 Å². The van der Waals surface area contributed by atoms with Crippen molar-refractivity contribution in [3.63, 3.8) is 0 Å². The number of hydrogen-bond donors (Lipinski definition) is 2. The van der Waals surface area contributed by atoms with Gasteiger partial charge in [-0.05, 0) is 11.6 Å². The molecule has 1 rings (SSSR count). The van der Waals surface area contributed by atoms with Crippen LogP contribution in [0.2, 0.25) is 0 Å². The largest absolute Gasteiger partial charge is 0.480 e. The highest BCUT2D eigenvalue weighted by molar-refractivity contribution is 5.73. The first kappa shape index (κ1) is 10.2. The van der Waals surface area contributed by atoms with Crippen LogP contribution in [0, 0.1) is 11.3 Å². The van der Waals surface area contributed by atoms with Crippen molar-refractivity contribution >= 4 is 5.97 Å². The Morgan fingerprint density at radius 3 is 3.07 bits per heavy atom. The van der Waals surface area contributed by atoms with Crippen LogP contribution in [0.15, 0.2) is 18.5 Å². The van der Waals surface area contributed by atoms with E-state index in [4.69, 9.17) is 16.1 Å². The molecule has 1 atom stereocenters. The lowest BCUT2D eigenvalue weighted by molar-refractivity contribution is -0.138. The molecule has 0 amide bonds. The molecule has 0 fully saturated rings. The average Bonchev–Trinajstić information content (AvgIpc) is 2.18. The van der Waals surface area contributed by atoms with E-state index in [0.717, 1.165) is 0 Å². The molecule has 14 heavy (non-hydrogen) atoms. The van der Waals surface area contributed by atoms with E-state index in [-0.39, 0.29) is 6.42 Å². The Hall–Kier alpha value is -1.93. The second-order valence-electron chi connectivity index (χ2n) is 2.79. The molecule has 0 aromatic carbocycles. The third-order valence-corrected chi connectivity index (χ3v) is 1.78. The molecule has 1 aromatic rings. The van der Waals surface area contributed by atoms with Crippen molar-refractivity contribution in [2.45, 2.75) is 12.5 Å². The summed E-state index contributed by atoms with van der Waals surface area (Å²) >= 11 is 0. The van der Waals surface area contributed by atoms with E-state index >= 15 is 0 Å². The number of nitriles is 1. The van der Waals surface area contributed by atoms with E-state index in [1.807, 2.05) is 6.07 Å². The number of aliphatic carboxylic acids is 1. The number of aromatic nitrogens is 1. The zero-order chi connectivity index (χ0) is 10.6. The minimum atomic E-state index is -1.09. The lowest BCUT2D eigenvalue weighted by atomic mass is 10.0. The van der Waals surface area contributed by atoms with Gasteiger partial charge < -0.3 is 10.8 Å². The molecule has 0 radical (unpaired) electrons. The molecule has 1 heterocycles. The quantitative estimate of drug-likeness (QED) is 0.695. The van der Waals surface area contributed by atoms with Crippen molar-refractivity contribution < 1.29 is 9.90 Å². The van der Waals surface area contributed by atoms with E-state index < -0.39 is 12.0 Å². The van der Waals surface area contributed by atoms with Gasteiger partial charge in [-0.2, -0.15) is 5.26 Å². The van der Waals surface area contributed by atoms with Crippen LogP contribution in [-0.2, 0) is 11.2 Å². The van der Waals surface area contributed by atoms with Crippen LogP contribution >= 0.6 is 0 Å². The van der Waals surface area contributed by atoms with Gasteiger partial charge in [0.05, 0.1) is 11.6 Å². The van der Waals surface area contributed by atoms with E-state index in [9.17, 15) is 4.79 Å². The lowest BCUT2D eigenvalue weighted by Crippen LogP contribution is -2.32. The summed E-state index contributed by atoms with van der Waals surface area (Å²) < 4.78 is 0. The van der Waals surface area contributed by atoms with Crippen LogP contribution in [0.25, 0.3) is 0 Å². The van der Waals surface area contributed by atoms with Gasteiger partial charge in [-0.15, -0.1) is 0 Å². The fraction of sp³-hybridized carbons (Fsp3) is 0.222. The second-order valence-corrected chi connectivity index (χ2v) is 2.79. The number of rotatable bonds is 3. The zero-order valence-corrected chi connectivity index (χ0v) is 7.34. The summed E-state index contributed by atoms with van der Waals surface area (Å²) in [7, 11) is 0. The monoisotopic (exact) mass is 191 g/mol. The zero-order valence-electron chi connectivity index (χ0n) is 7.34. The molecule has 0 bridgehead atoms. The SMILES string of the molecule is N#Cc1ccncc1C[C@@H](N)C(=O)O. The molecule has 0 saturated carbocycles. The van der Waals surface area contributed by atoms with Gasteiger partial charge in [-0.3, -0.25) is 9.78 Å². The van der Waals surface area contributed by atoms with Gasteiger partial charge in [0.2, 0.25) is 0 Å². The first-order valence-electron chi connectivity index (χ1n) is 3.96. The number of pyridine rings is 1. The Bertz CT molecular complexity index is 384. The molecular formula is C9H9N3O2. The summed E-state index contributed by atoms with van der Waals surface area (Å²) in [6.45, 7) is 0. The first-order chi connectivity index (χ1) is 6.65. The number of nitrogens with zero attached hydrogens (tertiary/aromatic N) is 2. The molecule has 5 nitrogen and oxygen atoms in total. The maximum Gasteiger partial charge on any atom is 0.320 e. The van der Waals surface area contributed by atoms with Gasteiger partial charge in [-0.1, -0.05) is 0 Å².